The highest BCUT2D eigenvalue weighted by molar-refractivity contribution is 6.35. The number of ether oxygens (including phenoxy) is 4. The van der Waals surface area contributed by atoms with Crippen LogP contribution in [0.4, 0.5) is 0 Å². The average molecular weight is 291 g/mol. The molecule has 0 saturated carbocycles. The summed E-state index contributed by atoms with van der Waals surface area (Å²) in [5.41, 5.74) is 0. The Balaban J connectivity index is 3.59. The molecule has 0 unspecified atom stereocenters. The van der Waals surface area contributed by atoms with Gasteiger partial charge in [-0.2, -0.15) is 0 Å². The first-order chi connectivity index (χ1) is 9.28. The third-order valence-electron chi connectivity index (χ3n) is 2.62. The molecule has 4 nitrogen and oxygen atoms in total. The molecule has 0 fully saturated rings. The van der Waals surface area contributed by atoms with E-state index in [1.807, 2.05) is 27.7 Å². The molecule has 19 heavy (non-hydrogen) atoms. The van der Waals surface area contributed by atoms with Crippen LogP contribution in [0.25, 0.3) is 0 Å². The first-order valence-corrected chi connectivity index (χ1v) is 9.19. The first-order valence-electron chi connectivity index (χ1n) is 7.56. The van der Waals surface area contributed by atoms with Gasteiger partial charge in [0.25, 0.3) is 0 Å². The molecule has 1 radical (unpaired) electrons. The fourth-order valence-electron chi connectivity index (χ4n) is 1.83. The molecule has 0 atom stereocenters. The minimum absolute atomic E-state index is 0.0166. The molecule has 5 heteroatoms. The minimum Gasteiger partial charge on any atom is -0.353 e. The van der Waals surface area contributed by atoms with Gasteiger partial charge in [-0.1, -0.05) is 12.1 Å². The van der Waals surface area contributed by atoms with Crippen molar-refractivity contribution in [3.05, 3.63) is 0 Å². The molecule has 0 aliphatic rings. The molecule has 115 valence electrons. The van der Waals surface area contributed by atoms with Gasteiger partial charge >= 0.3 is 0 Å². The molecule has 0 N–H and O–H groups in total. The van der Waals surface area contributed by atoms with E-state index in [9.17, 15) is 0 Å². The largest absolute Gasteiger partial charge is 0.353 e. The van der Waals surface area contributed by atoms with Gasteiger partial charge in [-0.15, -0.1) is 0 Å². The number of hydrogen-bond donors (Lipinski definition) is 0. The molecule has 0 bridgehead atoms. The number of hydrogen-bond acceptors (Lipinski definition) is 4. The van der Waals surface area contributed by atoms with Crippen molar-refractivity contribution in [3.8, 4) is 0 Å². The maximum absolute atomic E-state index is 5.53. The van der Waals surface area contributed by atoms with Gasteiger partial charge < -0.3 is 18.9 Å². The van der Waals surface area contributed by atoms with Gasteiger partial charge in [0.1, 0.15) is 0 Å². The highest BCUT2D eigenvalue weighted by Crippen LogP contribution is 2.09. The molecular formula is C14H31O4Si. The molecule has 0 aromatic rings. The maximum Gasteiger partial charge on any atom is 0.157 e. The van der Waals surface area contributed by atoms with Crippen molar-refractivity contribution < 1.29 is 18.9 Å². The Labute approximate surface area is 121 Å². The van der Waals surface area contributed by atoms with Gasteiger partial charge in [0, 0.05) is 35.9 Å². The fourth-order valence-corrected chi connectivity index (χ4v) is 3.13. The lowest BCUT2D eigenvalue weighted by Crippen LogP contribution is -2.19. The van der Waals surface area contributed by atoms with Crippen LogP contribution in [-0.4, -0.2) is 48.5 Å². The second kappa shape index (κ2) is 14.5. The van der Waals surface area contributed by atoms with Gasteiger partial charge in [-0.25, -0.2) is 0 Å². The SMILES string of the molecule is CCOC(CC[SiH]CCC(OCC)OCC)OCC. The van der Waals surface area contributed by atoms with Crippen molar-refractivity contribution in [1.82, 2.24) is 0 Å². The summed E-state index contributed by atoms with van der Waals surface area (Å²) in [6, 6.07) is 2.41. The maximum atomic E-state index is 5.53. The molecule has 0 rings (SSSR count). The smallest absolute Gasteiger partial charge is 0.157 e. The Bertz CT molecular complexity index is 151. The molecule has 0 heterocycles. The Morgan fingerprint density at radius 1 is 0.632 bits per heavy atom. The van der Waals surface area contributed by atoms with Crippen molar-refractivity contribution in [2.75, 3.05) is 26.4 Å². The predicted octanol–water partition coefficient (Wildman–Crippen LogP) is 2.84. The van der Waals surface area contributed by atoms with Crippen molar-refractivity contribution in [3.63, 3.8) is 0 Å². The molecule has 0 aromatic carbocycles. The Kier molecular flexibility index (Phi) is 14.5. The summed E-state index contributed by atoms with van der Waals surface area (Å²) in [4.78, 5) is 0. The molecule has 0 aliphatic heterocycles. The van der Waals surface area contributed by atoms with Crippen molar-refractivity contribution in [1.29, 1.82) is 0 Å². The van der Waals surface area contributed by atoms with E-state index in [2.05, 4.69) is 0 Å². The number of rotatable bonds is 14. The van der Waals surface area contributed by atoms with Gasteiger partial charge in [-0.05, 0) is 40.5 Å². The van der Waals surface area contributed by atoms with E-state index >= 15 is 0 Å². The lowest BCUT2D eigenvalue weighted by molar-refractivity contribution is -0.137. The topological polar surface area (TPSA) is 36.9 Å². The Hall–Kier alpha value is 0.0569. The average Bonchev–Trinajstić information content (AvgIpc) is 2.39. The third-order valence-corrected chi connectivity index (χ3v) is 4.11. The summed E-state index contributed by atoms with van der Waals surface area (Å²) in [5, 5.41) is 0. The minimum atomic E-state index is -0.0166. The zero-order chi connectivity index (χ0) is 14.3. The molecule has 0 spiro atoms. The Morgan fingerprint density at radius 2 is 0.947 bits per heavy atom. The fraction of sp³-hybridized carbons (Fsp3) is 1.00. The van der Waals surface area contributed by atoms with Crippen LogP contribution in [0, 0.1) is 0 Å². The molecular weight excluding hydrogens is 260 g/mol. The van der Waals surface area contributed by atoms with Crippen molar-refractivity contribution in [2.24, 2.45) is 0 Å². The van der Waals surface area contributed by atoms with E-state index in [0.29, 0.717) is 9.52 Å². The summed E-state index contributed by atoms with van der Waals surface area (Å²) in [6.07, 6.45) is 1.98. The molecule has 0 saturated heterocycles. The van der Waals surface area contributed by atoms with Crippen LogP contribution in [0.2, 0.25) is 12.1 Å². The van der Waals surface area contributed by atoms with Crippen LogP contribution < -0.4 is 0 Å². The van der Waals surface area contributed by atoms with Gasteiger partial charge in [-0.3, -0.25) is 0 Å². The summed E-state index contributed by atoms with van der Waals surface area (Å²) < 4.78 is 22.1. The lowest BCUT2D eigenvalue weighted by Gasteiger charge is -2.18. The quantitative estimate of drug-likeness (QED) is 0.280. The van der Waals surface area contributed by atoms with Crippen LogP contribution >= 0.6 is 0 Å². The van der Waals surface area contributed by atoms with E-state index in [4.69, 9.17) is 18.9 Å². The monoisotopic (exact) mass is 291 g/mol. The van der Waals surface area contributed by atoms with E-state index < -0.39 is 0 Å². The van der Waals surface area contributed by atoms with Crippen LogP contribution in [0.1, 0.15) is 40.5 Å². The highest BCUT2D eigenvalue weighted by atomic mass is 28.2. The highest BCUT2D eigenvalue weighted by Gasteiger charge is 2.09. The Morgan fingerprint density at radius 3 is 1.21 bits per heavy atom. The zero-order valence-electron chi connectivity index (χ0n) is 13.0. The van der Waals surface area contributed by atoms with E-state index in [0.717, 1.165) is 39.3 Å². The summed E-state index contributed by atoms with van der Waals surface area (Å²) in [6.45, 7) is 10.9. The van der Waals surface area contributed by atoms with E-state index in [1.165, 1.54) is 12.1 Å². The normalized spacial score (nSPS) is 11.7. The van der Waals surface area contributed by atoms with Crippen LogP contribution in [0.5, 0.6) is 0 Å². The third kappa shape index (κ3) is 11.6. The second-order valence-electron chi connectivity index (χ2n) is 4.12. The van der Waals surface area contributed by atoms with Gasteiger partial charge in [0.15, 0.2) is 12.6 Å². The van der Waals surface area contributed by atoms with Crippen LogP contribution in [0.15, 0.2) is 0 Å². The summed E-state index contributed by atoms with van der Waals surface area (Å²) in [5.74, 6) is 0. The molecule has 0 aromatic heterocycles. The van der Waals surface area contributed by atoms with Crippen LogP contribution in [0.3, 0.4) is 0 Å². The first kappa shape index (κ1) is 19.1. The van der Waals surface area contributed by atoms with Crippen molar-refractivity contribution >= 4 is 9.52 Å². The van der Waals surface area contributed by atoms with E-state index in [1.54, 1.807) is 0 Å². The zero-order valence-corrected chi connectivity index (χ0v) is 14.2. The standard InChI is InChI=1S/C14H31O4Si/c1-5-15-13(16-6-2)9-11-19-12-10-14(17-7-3)18-8-4/h13-14,19H,5-12H2,1-4H3. The summed E-state index contributed by atoms with van der Waals surface area (Å²) in [7, 11) is 0.427. The van der Waals surface area contributed by atoms with E-state index in [-0.39, 0.29) is 12.6 Å². The van der Waals surface area contributed by atoms with Gasteiger partial charge in [0.05, 0.1) is 0 Å². The predicted molar refractivity (Wildman–Crippen MR) is 80.1 cm³/mol. The molecule has 0 amide bonds. The van der Waals surface area contributed by atoms with Gasteiger partial charge in [0.2, 0.25) is 0 Å². The second-order valence-corrected chi connectivity index (χ2v) is 5.86. The molecule has 0 aliphatic carbocycles. The van der Waals surface area contributed by atoms with Crippen molar-refractivity contribution in [2.45, 2.75) is 65.2 Å². The van der Waals surface area contributed by atoms with Crippen LogP contribution in [-0.2, 0) is 18.9 Å². The lowest BCUT2D eigenvalue weighted by atomic mass is 10.4. The summed E-state index contributed by atoms with van der Waals surface area (Å²) >= 11 is 0.